The molecule has 7 heteroatoms. The maximum Gasteiger partial charge on any atom is 0.294 e. The zero-order valence-corrected chi connectivity index (χ0v) is 14.2. The Balaban J connectivity index is 1.74. The molecule has 0 unspecified atom stereocenters. The molecule has 5 nitrogen and oxygen atoms in total. The first kappa shape index (κ1) is 18.3. The molecule has 0 bridgehead atoms. The van der Waals surface area contributed by atoms with Crippen LogP contribution in [0.4, 0.5) is 14.5 Å². The highest BCUT2D eigenvalue weighted by molar-refractivity contribution is 6.07. The van der Waals surface area contributed by atoms with Gasteiger partial charge in [0.15, 0.2) is 5.76 Å². The Labute approximate surface area is 154 Å². The largest absolute Gasteiger partial charge is 0.459 e. The highest BCUT2D eigenvalue weighted by Gasteiger charge is 2.24. The summed E-state index contributed by atoms with van der Waals surface area (Å²) in [4.78, 5) is 26.0. The first-order chi connectivity index (χ1) is 13.0. The Hall–Kier alpha value is -3.48. The van der Waals surface area contributed by atoms with E-state index in [0.29, 0.717) is 5.56 Å². The quantitative estimate of drug-likeness (QED) is 0.722. The fraction of sp³-hybridized carbons (Fsp3) is 0.100. The molecule has 0 aliphatic carbocycles. The Bertz CT molecular complexity index is 925. The summed E-state index contributed by atoms with van der Waals surface area (Å²) < 4.78 is 32.2. The van der Waals surface area contributed by atoms with Crippen LogP contribution in [0.1, 0.15) is 16.1 Å². The Morgan fingerprint density at radius 2 is 1.70 bits per heavy atom. The maximum absolute atomic E-state index is 14.2. The molecular formula is C20H16F2N2O3. The molecule has 0 spiro atoms. The Morgan fingerprint density at radius 1 is 0.963 bits per heavy atom. The van der Waals surface area contributed by atoms with E-state index in [0.717, 1.165) is 4.90 Å². The van der Waals surface area contributed by atoms with Crippen LogP contribution < -0.4 is 10.2 Å². The third-order valence-electron chi connectivity index (χ3n) is 3.83. The zero-order chi connectivity index (χ0) is 19.2. The number of anilines is 1. The van der Waals surface area contributed by atoms with Crippen molar-refractivity contribution >= 4 is 17.5 Å². The number of carbonyl (C=O) groups excluding carboxylic acids is 2. The van der Waals surface area contributed by atoms with E-state index in [1.165, 1.54) is 60.9 Å². The van der Waals surface area contributed by atoms with Crippen LogP contribution in [0.15, 0.2) is 71.3 Å². The number of hydrogen-bond acceptors (Lipinski definition) is 3. The van der Waals surface area contributed by atoms with Crippen molar-refractivity contribution in [3.63, 3.8) is 0 Å². The minimum Gasteiger partial charge on any atom is -0.459 e. The maximum atomic E-state index is 14.2. The fourth-order valence-electron chi connectivity index (χ4n) is 2.47. The number of amides is 2. The Morgan fingerprint density at radius 3 is 2.37 bits per heavy atom. The lowest BCUT2D eigenvalue weighted by Gasteiger charge is -2.21. The highest BCUT2D eigenvalue weighted by Crippen LogP contribution is 2.21. The van der Waals surface area contributed by atoms with Gasteiger partial charge in [-0.25, -0.2) is 8.78 Å². The van der Waals surface area contributed by atoms with Gasteiger partial charge in [0.2, 0.25) is 5.91 Å². The summed E-state index contributed by atoms with van der Waals surface area (Å²) in [6.07, 6.45) is 1.32. The van der Waals surface area contributed by atoms with E-state index in [4.69, 9.17) is 4.42 Å². The molecule has 0 aliphatic heterocycles. The van der Waals surface area contributed by atoms with E-state index in [2.05, 4.69) is 5.32 Å². The van der Waals surface area contributed by atoms with Gasteiger partial charge in [0.1, 0.15) is 18.2 Å². The molecule has 0 atom stereocenters. The van der Waals surface area contributed by atoms with Gasteiger partial charge >= 0.3 is 0 Å². The van der Waals surface area contributed by atoms with E-state index < -0.39 is 24.2 Å². The second-order valence-corrected chi connectivity index (χ2v) is 5.72. The molecule has 0 fully saturated rings. The number of nitrogens with zero attached hydrogens (tertiary/aromatic N) is 1. The van der Waals surface area contributed by atoms with Crippen molar-refractivity contribution in [2.75, 3.05) is 11.4 Å². The second kappa shape index (κ2) is 8.27. The third-order valence-corrected chi connectivity index (χ3v) is 3.83. The van der Waals surface area contributed by atoms with Crippen molar-refractivity contribution in [2.45, 2.75) is 6.54 Å². The number of para-hydroxylation sites is 1. The van der Waals surface area contributed by atoms with Gasteiger partial charge in [-0.05, 0) is 42.0 Å². The van der Waals surface area contributed by atoms with Crippen molar-refractivity contribution in [2.24, 2.45) is 0 Å². The SMILES string of the molecule is O=C(CN(C(=O)c1ccco1)c1ccccc1F)NCc1ccc(F)cc1. The molecule has 0 saturated heterocycles. The van der Waals surface area contributed by atoms with Gasteiger partial charge in [-0.1, -0.05) is 24.3 Å². The molecule has 0 radical (unpaired) electrons. The summed E-state index contributed by atoms with van der Waals surface area (Å²) in [5, 5.41) is 2.63. The molecule has 1 N–H and O–H groups in total. The summed E-state index contributed by atoms with van der Waals surface area (Å²) >= 11 is 0. The number of rotatable bonds is 6. The van der Waals surface area contributed by atoms with E-state index in [9.17, 15) is 18.4 Å². The number of furan rings is 1. The average Bonchev–Trinajstić information content (AvgIpc) is 3.21. The lowest BCUT2D eigenvalue weighted by atomic mass is 10.2. The second-order valence-electron chi connectivity index (χ2n) is 5.72. The monoisotopic (exact) mass is 370 g/mol. The lowest BCUT2D eigenvalue weighted by molar-refractivity contribution is -0.119. The van der Waals surface area contributed by atoms with Gasteiger partial charge in [0.05, 0.1) is 12.0 Å². The molecule has 0 saturated carbocycles. The molecule has 27 heavy (non-hydrogen) atoms. The van der Waals surface area contributed by atoms with Crippen LogP contribution in [-0.2, 0) is 11.3 Å². The van der Waals surface area contributed by atoms with Crippen LogP contribution in [0.25, 0.3) is 0 Å². The zero-order valence-electron chi connectivity index (χ0n) is 14.2. The summed E-state index contributed by atoms with van der Waals surface area (Å²) in [6.45, 7) is -0.249. The predicted octanol–water partition coefficient (Wildman–Crippen LogP) is 3.52. The topological polar surface area (TPSA) is 62.6 Å². The molecule has 2 amide bonds. The summed E-state index contributed by atoms with van der Waals surface area (Å²) in [5.41, 5.74) is 0.662. The van der Waals surface area contributed by atoms with Crippen molar-refractivity contribution in [1.82, 2.24) is 5.32 Å². The highest BCUT2D eigenvalue weighted by atomic mass is 19.1. The number of hydrogen-bond donors (Lipinski definition) is 1. The van der Waals surface area contributed by atoms with Crippen LogP contribution in [0.5, 0.6) is 0 Å². The van der Waals surface area contributed by atoms with Crippen LogP contribution in [0, 0.1) is 11.6 Å². The molecule has 138 valence electrons. The number of benzene rings is 2. The lowest BCUT2D eigenvalue weighted by Crippen LogP contribution is -2.41. The minimum absolute atomic E-state index is 0.00964. The molecule has 3 rings (SSSR count). The van der Waals surface area contributed by atoms with Crippen LogP contribution in [-0.4, -0.2) is 18.4 Å². The third kappa shape index (κ3) is 4.58. The standard InChI is InChI=1S/C20H16F2N2O3/c21-15-9-7-14(8-10-15)12-23-19(25)13-24(17-5-2-1-4-16(17)22)20(26)18-6-3-11-27-18/h1-11H,12-13H2,(H,23,25). The first-order valence-electron chi connectivity index (χ1n) is 8.15. The fourth-order valence-corrected chi connectivity index (χ4v) is 2.47. The van der Waals surface area contributed by atoms with E-state index in [1.54, 1.807) is 6.07 Å². The van der Waals surface area contributed by atoms with Gasteiger partial charge in [-0.15, -0.1) is 0 Å². The predicted molar refractivity (Wildman–Crippen MR) is 95.0 cm³/mol. The molecule has 1 aromatic heterocycles. The minimum atomic E-state index is -0.637. The van der Waals surface area contributed by atoms with Crippen LogP contribution in [0.2, 0.25) is 0 Å². The van der Waals surface area contributed by atoms with Gasteiger partial charge in [0, 0.05) is 6.54 Å². The molecule has 0 aliphatic rings. The van der Waals surface area contributed by atoms with E-state index >= 15 is 0 Å². The number of carbonyl (C=O) groups is 2. The number of nitrogens with one attached hydrogen (secondary N) is 1. The molecule has 2 aromatic carbocycles. The van der Waals surface area contributed by atoms with Crippen molar-refractivity contribution in [1.29, 1.82) is 0 Å². The van der Waals surface area contributed by atoms with Crippen LogP contribution in [0.3, 0.4) is 0 Å². The van der Waals surface area contributed by atoms with E-state index in [-0.39, 0.29) is 23.8 Å². The Kier molecular flexibility index (Phi) is 5.61. The van der Waals surface area contributed by atoms with Crippen molar-refractivity contribution in [3.8, 4) is 0 Å². The first-order valence-corrected chi connectivity index (χ1v) is 8.15. The molecular weight excluding hydrogens is 354 g/mol. The summed E-state index contributed by atoms with van der Waals surface area (Å²) in [6, 6.07) is 14.3. The average molecular weight is 370 g/mol. The number of halogens is 2. The molecule has 1 heterocycles. The van der Waals surface area contributed by atoms with Gasteiger partial charge in [0.25, 0.3) is 5.91 Å². The van der Waals surface area contributed by atoms with Gasteiger partial charge < -0.3 is 9.73 Å². The normalized spacial score (nSPS) is 10.4. The van der Waals surface area contributed by atoms with Crippen molar-refractivity contribution < 1.29 is 22.8 Å². The van der Waals surface area contributed by atoms with Crippen LogP contribution >= 0.6 is 0 Å². The van der Waals surface area contributed by atoms with E-state index in [1.807, 2.05) is 0 Å². The smallest absolute Gasteiger partial charge is 0.294 e. The summed E-state index contributed by atoms with van der Waals surface area (Å²) in [7, 11) is 0. The summed E-state index contributed by atoms with van der Waals surface area (Å²) in [5.74, 6) is -2.15. The van der Waals surface area contributed by atoms with Gasteiger partial charge in [-0.3, -0.25) is 14.5 Å². The van der Waals surface area contributed by atoms with Gasteiger partial charge in [-0.2, -0.15) is 0 Å². The van der Waals surface area contributed by atoms with Crippen molar-refractivity contribution in [3.05, 3.63) is 89.9 Å². The molecule has 3 aromatic rings.